The summed E-state index contributed by atoms with van der Waals surface area (Å²) in [6.07, 6.45) is 0. The van der Waals surface area contributed by atoms with Gasteiger partial charge in [-0.05, 0) is 0 Å². The van der Waals surface area contributed by atoms with Gasteiger partial charge in [0, 0.05) is 17.1 Å². The van der Waals surface area contributed by atoms with Gasteiger partial charge in [0.1, 0.15) is 0 Å². The molecule has 1 radical (unpaired) electrons. The van der Waals surface area contributed by atoms with Gasteiger partial charge in [-0.3, -0.25) is 9.11 Å². The average molecular weight is 309 g/mol. The molecule has 0 rings (SSSR count). The fourth-order valence-corrected chi connectivity index (χ4v) is 0. The van der Waals surface area contributed by atoms with E-state index in [0.717, 1.165) is 0 Å². The van der Waals surface area contributed by atoms with Crippen LogP contribution < -0.4 is 0 Å². The molecule has 10 heavy (non-hydrogen) atoms. The Morgan fingerprint density at radius 1 is 1.00 bits per heavy atom. The van der Waals surface area contributed by atoms with Crippen LogP contribution in [0.5, 0.6) is 0 Å². The number of hydrogen-bond acceptors (Lipinski definition) is 2. The van der Waals surface area contributed by atoms with Crippen molar-refractivity contribution in [3.8, 4) is 0 Å². The minimum atomic E-state index is -4.67. The predicted octanol–water partition coefficient (Wildman–Crippen LogP) is -2.31. The molecule has 0 saturated carbocycles. The van der Waals surface area contributed by atoms with Crippen molar-refractivity contribution in [3.05, 3.63) is 0 Å². The van der Waals surface area contributed by atoms with Gasteiger partial charge in [-0.2, -0.15) is 8.42 Å². The van der Waals surface area contributed by atoms with E-state index >= 15 is 0 Å². The zero-order valence-electron chi connectivity index (χ0n) is 10.6. The summed E-state index contributed by atoms with van der Waals surface area (Å²) in [6, 6.07) is 0. The topological polar surface area (TPSA) is 74.6 Å². The van der Waals surface area contributed by atoms with E-state index in [0.29, 0.717) is 0 Å². The summed E-state index contributed by atoms with van der Waals surface area (Å²) in [5, 5.41) is 0. The molecule has 0 aromatic heterocycles. The van der Waals surface area contributed by atoms with Gasteiger partial charge in [0.05, 0.1) is 0 Å². The molecule has 0 unspecified atom stereocenters. The van der Waals surface area contributed by atoms with Crippen LogP contribution in [-0.4, -0.2) is 148 Å². The van der Waals surface area contributed by atoms with Crippen molar-refractivity contribution in [2.24, 2.45) is 0 Å². The third-order valence-corrected chi connectivity index (χ3v) is 0. The summed E-state index contributed by atoms with van der Waals surface area (Å²) in [5.41, 5.74) is 0. The van der Waals surface area contributed by atoms with Gasteiger partial charge in [0.2, 0.25) is 0 Å². The Kier molecular flexibility index (Phi) is 70.4. The molecule has 0 bridgehead atoms. The predicted molar refractivity (Wildman–Crippen MR) is 48.1 cm³/mol. The minimum Gasteiger partial charge on any atom is -1.00 e. The third-order valence-electron chi connectivity index (χ3n) is 0. The number of hydrogen-bond donors (Lipinski definition) is 2. The first kappa shape index (κ1) is 36.5. The second kappa shape index (κ2) is 19.3. The summed E-state index contributed by atoms with van der Waals surface area (Å²) in [5.74, 6) is 0. The Bertz CT molecular complexity index is 119. The van der Waals surface area contributed by atoms with Gasteiger partial charge in [-0.15, -0.1) is 0 Å². The van der Waals surface area contributed by atoms with Crippen LogP contribution in [0.2, 0.25) is 0 Å². The normalized spacial score (nSPS) is 5.80. The first-order valence-electron chi connectivity index (χ1n) is 0.698. The van der Waals surface area contributed by atoms with Gasteiger partial charge in [0.25, 0.3) is 0 Å². The van der Waals surface area contributed by atoms with Crippen LogP contribution >= 0.6 is 0 Å². The van der Waals surface area contributed by atoms with Crippen molar-refractivity contribution in [3.63, 3.8) is 0 Å². The Balaban J connectivity index is -0.00000000145. The first-order chi connectivity index (χ1) is 2.00. The molecule has 10 heteroatoms. The molecule has 0 aliphatic heterocycles. The quantitative estimate of drug-likeness (QED) is 0.390. The SMILES string of the molecule is O=S(=O)(O)O.[AlH3].[Ca+2].[Ca+2].[Ca+2].[H-].[H-].[H-].[H-].[H-].[H-].[Mn]. The largest absolute Gasteiger partial charge is 2.00 e. The van der Waals surface area contributed by atoms with Crippen LogP contribution in [0, 0.1) is 0 Å². The Morgan fingerprint density at radius 3 is 1.00 bits per heavy atom. The fourth-order valence-electron chi connectivity index (χ4n) is 0. The second-order valence-corrected chi connectivity index (χ2v) is 1.34. The Hall–Kier alpha value is 4.70. The van der Waals surface area contributed by atoms with Crippen LogP contribution in [0.25, 0.3) is 0 Å². The van der Waals surface area contributed by atoms with E-state index in [2.05, 4.69) is 0 Å². The van der Waals surface area contributed by atoms with Gasteiger partial charge in [-0.25, -0.2) is 0 Å². The maximum absolute atomic E-state index is 8.74. The Labute approximate surface area is 180 Å². The van der Waals surface area contributed by atoms with E-state index in [1.165, 1.54) is 0 Å². The molecule has 0 heterocycles. The zero-order chi connectivity index (χ0) is 4.50. The molecule has 0 aromatic rings. The first-order valence-corrected chi connectivity index (χ1v) is 2.10. The molecule has 0 atom stereocenters. The molecule has 2 N–H and O–H groups in total. The maximum Gasteiger partial charge on any atom is 2.00 e. The van der Waals surface area contributed by atoms with E-state index in [9.17, 15) is 0 Å². The van der Waals surface area contributed by atoms with Gasteiger partial charge >= 0.3 is 124 Å². The standard InChI is InChI=1S/Al.3Ca.Mn.H2O4S.9H/c;;;;;1-5(2,3)4;;;;;;;;;/h;;;;;(H2,1,2,3,4);;;;;;;;;/q;3*+2;;;;;;6*-1. The minimum absolute atomic E-state index is 0. The molecular weight excluding hydrogens is 298 g/mol. The van der Waals surface area contributed by atoms with Crippen LogP contribution in [0.15, 0.2) is 0 Å². The molecule has 57 valence electrons. The van der Waals surface area contributed by atoms with Crippen molar-refractivity contribution in [2.45, 2.75) is 0 Å². The van der Waals surface area contributed by atoms with Crippen LogP contribution in [0.1, 0.15) is 8.56 Å². The van der Waals surface area contributed by atoms with Crippen LogP contribution in [0.4, 0.5) is 0 Å². The van der Waals surface area contributed by atoms with Crippen molar-refractivity contribution in [1.29, 1.82) is 0 Å². The second-order valence-electron chi connectivity index (χ2n) is 0.448. The van der Waals surface area contributed by atoms with Crippen molar-refractivity contribution in [1.82, 2.24) is 0 Å². The van der Waals surface area contributed by atoms with Gasteiger partial charge in [0.15, 0.2) is 17.4 Å². The Morgan fingerprint density at radius 2 is 1.00 bits per heavy atom. The van der Waals surface area contributed by atoms with E-state index < -0.39 is 10.4 Å². The van der Waals surface area contributed by atoms with Crippen molar-refractivity contribution in [2.75, 3.05) is 0 Å². The zero-order valence-corrected chi connectivity index (χ0v) is 13.2. The van der Waals surface area contributed by atoms with Gasteiger partial charge in [-0.1, -0.05) is 0 Å². The monoisotopic (exact) mass is 309 g/mol. The van der Waals surface area contributed by atoms with E-state index in [-0.39, 0.29) is 156 Å². The molecule has 0 aliphatic carbocycles. The van der Waals surface area contributed by atoms with Crippen LogP contribution in [-0.2, 0) is 27.5 Å². The molecule has 0 fully saturated rings. The average Bonchev–Trinajstić information content (AvgIpc) is 0.722. The summed E-state index contributed by atoms with van der Waals surface area (Å²) < 4.78 is 31.6. The molecular formula is H11AlCa3MnO4S. The van der Waals surface area contributed by atoms with Crippen LogP contribution in [0.3, 0.4) is 0 Å². The van der Waals surface area contributed by atoms with E-state index in [1.807, 2.05) is 0 Å². The molecule has 4 nitrogen and oxygen atoms in total. The van der Waals surface area contributed by atoms with Crippen molar-refractivity contribution >= 4 is 141 Å². The maximum atomic E-state index is 8.74. The molecule has 0 aliphatic rings. The summed E-state index contributed by atoms with van der Waals surface area (Å²) in [6.45, 7) is 0. The summed E-state index contributed by atoms with van der Waals surface area (Å²) >= 11 is 0. The fraction of sp³-hybridized carbons (Fsp3) is 0. The molecule has 0 saturated heterocycles. The number of rotatable bonds is 0. The molecule has 0 spiro atoms. The summed E-state index contributed by atoms with van der Waals surface area (Å²) in [7, 11) is -4.67. The summed E-state index contributed by atoms with van der Waals surface area (Å²) in [4.78, 5) is 0. The third kappa shape index (κ3) is 78.7. The molecule has 0 aromatic carbocycles. The van der Waals surface area contributed by atoms with E-state index in [4.69, 9.17) is 17.5 Å². The molecule has 0 amide bonds. The van der Waals surface area contributed by atoms with Gasteiger partial charge < -0.3 is 8.56 Å². The van der Waals surface area contributed by atoms with E-state index in [1.54, 1.807) is 0 Å². The smallest absolute Gasteiger partial charge is 1.00 e. The van der Waals surface area contributed by atoms with Crippen molar-refractivity contribution < 1.29 is 43.2 Å².